The van der Waals surface area contributed by atoms with Crippen LogP contribution in [0.25, 0.3) is 22.8 Å². The topological polar surface area (TPSA) is 58.4 Å². The third kappa shape index (κ3) is 3.47. The molecule has 2 saturated heterocycles. The van der Waals surface area contributed by atoms with Crippen molar-refractivity contribution in [1.29, 1.82) is 0 Å². The number of oxazole rings is 1. The fourth-order valence-electron chi connectivity index (χ4n) is 4.57. The van der Waals surface area contributed by atoms with Crippen LogP contribution in [0.3, 0.4) is 0 Å². The highest BCUT2D eigenvalue weighted by Crippen LogP contribution is 2.37. The fraction of sp³-hybridized carbons (Fsp3) is 0.333. The summed E-state index contributed by atoms with van der Waals surface area (Å²) < 4.78 is 6.02. The summed E-state index contributed by atoms with van der Waals surface area (Å²) in [6.45, 7) is 3.82. The summed E-state index contributed by atoms with van der Waals surface area (Å²) in [5.74, 6) is 1.26. The minimum absolute atomic E-state index is 0.0702. The molecule has 0 atom stereocenters. The summed E-state index contributed by atoms with van der Waals surface area (Å²) in [4.78, 5) is 19.8. The Morgan fingerprint density at radius 1 is 1.00 bits per heavy atom. The molecule has 0 saturated carbocycles. The van der Waals surface area contributed by atoms with Crippen molar-refractivity contribution in [2.75, 3.05) is 26.2 Å². The van der Waals surface area contributed by atoms with Gasteiger partial charge in [0.15, 0.2) is 5.76 Å². The second kappa shape index (κ2) is 7.48. The molecule has 5 heteroatoms. The third-order valence-corrected chi connectivity index (χ3v) is 6.40. The van der Waals surface area contributed by atoms with Crippen molar-refractivity contribution in [3.63, 3.8) is 0 Å². The molecule has 148 valence electrons. The molecule has 0 aliphatic carbocycles. The summed E-state index contributed by atoms with van der Waals surface area (Å²) in [5.41, 5.74) is 2.78. The molecule has 5 rings (SSSR count). The van der Waals surface area contributed by atoms with Crippen LogP contribution in [0.4, 0.5) is 0 Å². The van der Waals surface area contributed by atoms with E-state index in [-0.39, 0.29) is 5.91 Å². The van der Waals surface area contributed by atoms with Gasteiger partial charge in [0.05, 0.1) is 11.8 Å². The molecule has 2 fully saturated rings. The van der Waals surface area contributed by atoms with Crippen molar-refractivity contribution >= 4 is 5.91 Å². The normalized spacial score (nSPS) is 18.3. The molecule has 1 aromatic heterocycles. The number of rotatable bonds is 3. The van der Waals surface area contributed by atoms with E-state index < -0.39 is 0 Å². The van der Waals surface area contributed by atoms with E-state index in [1.54, 1.807) is 6.20 Å². The van der Waals surface area contributed by atoms with Crippen molar-refractivity contribution in [1.82, 2.24) is 15.2 Å². The largest absolute Gasteiger partial charge is 0.436 e. The van der Waals surface area contributed by atoms with E-state index in [4.69, 9.17) is 4.42 Å². The molecule has 3 aromatic rings. The lowest BCUT2D eigenvalue weighted by Crippen LogP contribution is -2.44. The number of hydrogen-bond acceptors (Lipinski definition) is 4. The van der Waals surface area contributed by atoms with Crippen molar-refractivity contribution in [3.8, 4) is 22.8 Å². The number of benzene rings is 2. The lowest BCUT2D eigenvalue weighted by atomic mass is 9.77. The zero-order chi connectivity index (χ0) is 19.7. The lowest BCUT2D eigenvalue weighted by molar-refractivity contribution is 0.0608. The average molecular weight is 387 g/mol. The van der Waals surface area contributed by atoms with E-state index in [1.165, 1.54) is 6.42 Å². The van der Waals surface area contributed by atoms with E-state index in [9.17, 15) is 4.79 Å². The number of amides is 1. The highest BCUT2D eigenvalue weighted by Gasteiger charge is 2.38. The van der Waals surface area contributed by atoms with Gasteiger partial charge < -0.3 is 14.6 Å². The minimum Gasteiger partial charge on any atom is -0.436 e. The van der Waals surface area contributed by atoms with E-state index in [0.29, 0.717) is 22.6 Å². The molecule has 2 aliphatic heterocycles. The Morgan fingerprint density at radius 3 is 2.52 bits per heavy atom. The number of aromatic nitrogens is 1. The molecule has 1 N–H and O–H groups in total. The Bertz CT molecular complexity index is 996. The zero-order valence-electron chi connectivity index (χ0n) is 16.4. The number of nitrogens with one attached hydrogen (secondary N) is 1. The summed E-state index contributed by atoms with van der Waals surface area (Å²) in [7, 11) is 0. The van der Waals surface area contributed by atoms with Gasteiger partial charge in [-0.05, 0) is 43.4 Å². The van der Waals surface area contributed by atoms with Gasteiger partial charge >= 0.3 is 0 Å². The van der Waals surface area contributed by atoms with Gasteiger partial charge in [-0.15, -0.1) is 0 Å². The Hall–Kier alpha value is -2.92. The highest BCUT2D eigenvalue weighted by molar-refractivity contribution is 6.00. The maximum atomic E-state index is 13.3. The van der Waals surface area contributed by atoms with Gasteiger partial charge in [0, 0.05) is 30.8 Å². The quantitative estimate of drug-likeness (QED) is 0.731. The first-order valence-corrected chi connectivity index (χ1v) is 10.3. The predicted molar refractivity (Wildman–Crippen MR) is 112 cm³/mol. The van der Waals surface area contributed by atoms with Crippen LogP contribution in [0.5, 0.6) is 0 Å². The highest BCUT2D eigenvalue weighted by atomic mass is 16.4. The molecule has 0 radical (unpaired) electrons. The van der Waals surface area contributed by atoms with Gasteiger partial charge in [-0.3, -0.25) is 4.79 Å². The van der Waals surface area contributed by atoms with Gasteiger partial charge in [-0.25, -0.2) is 4.98 Å². The Kier molecular flexibility index (Phi) is 4.68. The molecule has 1 amide bonds. The average Bonchev–Trinajstić information content (AvgIpc) is 3.45. The monoisotopic (exact) mass is 387 g/mol. The maximum absolute atomic E-state index is 13.3. The lowest BCUT2D eigenvalue weighted by Gasteiger charge is -2.39. The fourth-order valence-corrected chi connectivity index (χ4v) is 4.57. The molecular weight excluding hydrogens is 362 g/mol. The van der Waals surface area contributed by atoms with Gasteiger partial charge in [0.1, 0.15) is 0 Å². The van der Waals surface area contributed by atoms with Gasteiger partial charge in [-0.1, -0.05) is 42.5 Å². The van der Waals surface area contributed by atoms with Crippen LogP contribution >= 0.6 is 0 Å². The molecular formula is C24H25N3O2. The van der Waals surface area contributed by atoms with E-state index >= 15 is 0 Å². The first-order chi connectivity index (χ1) is 14.2. The van der Waals surface area contributed by atoms with Crippen LogP contribution in [-0.2, 0) is 0 Å². The van der Waals surface area contributed by atoms with Gasteiger partial charge in [0.2, 0.25) is 5.89 Å². The second-order valence-electron chi connectivity index (χ2n) is 8.16. The van der Waals surface area contributed by atoms with Crippen molar-refractivity contribution < 1.29 is 9.21 Å². The first-order valence-electron chi connectivity index (χ1n) is 10.3. The number of carbonyl (C=O) groups excluding carboxylic acids is 1. The second-order valence-corrected chi connectivity index (χ2v) is 8.16. The van der Waals surface area contributed by atoms with Crippen LogP contribution in [0.2, 0.25) is 0 Å². The standard InChI is InChI=1S/C24H25N3O2/c28-23(27-14-11-24(12-15-27)10-13-25-17-24)20-9-5-4-8-19(20)22-26-16-21(29-22)18-6-2-1-3-7-18/h1-9,16,25H,10-15,17H2. The van der Waals surface area contributed by atoms with Gasteiger partial charge in [-0.2, -0.15) is 0 Å². The molecule has 3 heterocycles. The number of hydrogen-bond donors (Lipinski definition) is 1. The van der Waals surface area contributed by atoms with Crippen LogP contribution < -0.4 is 5.32 Å². The van der Waals surface area contributed by atoms with Crippen LogP contribution in [0, 0.1) is 5.41 Å². The SMILES string of the molecule is O=C(c1ccccc1-c1ncc(-c2ccccc2)o1)N1CCC2(CCNC2)CC1. The molecule has 2 aliphatic rings. The Morgan fingerprint density at radius 2 is 1.76 bits per heavy atom. The number of piperidine rings is 1. The summed E-state index contributed by atoms with van der Waals surface area (Å²) in [6.07, 6.45) is 5.10. The zero-order valence-corrected chi connectivity index (χ0v) is 16.4. The molecule has 2 aromatic carbocycles. The van der Waals surface area contributed by atoms with Crippen LogP contribution in [0.1, 0.15) is 29.6 Å². The first kappa shape index (κ1) is 18.1. The predicted octanol–water partition coefficient (Wildman–Crippen LogP) is 4.22. The van der Waals surface area contributed by atoms with Crippen molar-refractivity contribution in [2.24, 2.45) is 5.41 Å². The Balaban J connectivity index is 1.39. The van der Waals surface area contributed by atoms with Crippen molar-refractivity contribution in [3.05, 3.63) is 66.4 Å². The summed E-state index contributed by atoms with van der Waals surface area (Å²) >= 11 is 0. The van der Waals surface area contributed by atoms with Crippen molar-refractivity contribution in [2.45, 2.75) is 19.3 Å². The molecule has 29 heavy (non-hydrogen) atoms. The minimum atomic E-state index is 0.0702. The molecule has 0 bridgehead atoms. The molecule has 0 unspecified atom stereocenters. The maximum Gasteiger partial charge on any atom is 0.254 e. The smallest absolute Gasteiger partial charge is 0.254 e. The summed E-state index contributed by atoms with van der Waals surface area (Å²) in [5, 5.41) is 3.48. The number of likely N-dealkylation sites (tertiary alicyclic amines) is 1. The van der Waals surface area contributed by atoms with E-state index in [1.807, 2.05) is 59.5 Å². The summed E-state index contributed by atoms with van der Waals surface area (Å²) in [6, 6.07) is 17.5. The van der Waals surface area contributed by atoms with E-state index in [2.05, 4.69) is 10.3 Å². The number of nitrogens with zero attached hydrogens (tertiary/aromatic N) is 2. The number of carbonyl (C=O) groups is 1. The molecule has 1 spiro atoms. The van der Waals surface area contributed by atoms with Gasteiger partial charge in [0.25, 0.3) is 5.91 Å². The van der Waals surface area contributed by atoms with Crippen LogP contribution in [-0.4, -0.2) is 42.0 Å². The van der Waals surface area contributed by atoms with E-state index in [0.717, 1.165) is 50.1 Å². The Labute approximate surface area is 170 Å². The van der Waals surface area contributed by atoms with Crippen LogP contribution in [0.15, 0.2) is 65.2 Å². The molecule has 5 nitrogen and oxygen atoms in total. The third-order valence-electron chi connectivity index (χ3n) is 6.40.